The van der Waals surface area contributed by atoms with E-state index in [0.717, 1.165) is 13.4 Å². The van der Waals surface area contributed by atoms with Crippen LogP contribution in [-0.2, 0) is 0 Å². The molecule has 0 aromatic heterocycles. The molecule has 0 saturated carbocycles. The van der Waals surface area contributed by atoms with Crippen molar-refractivity contribution in [3.8, 4) is 0 Å². The summed E-state index contributed by atoms with van der Waals surface area (Å²) in [4.78, 5) is 0. The lowest BCUT2D eigenvalue weighted by atomic mass is 10.2. The maximum absolute atomic E-state index is 3.63. The molecule has 0 spiro atoms. The first kappa shape index (κ1) is 18.4. The molecule has 0 radical (unpaired) electrons. The van der Waals surface area contributed by atoms with Crippen molar-refractivity contribution in [2.45, 2.75) is 0 Å². The first-order chi connectivity index (χ1) is 9.13. The molecule has 2 rings (SSSR count). The fourth-order valence-electron chi connectivity index (χ4n) is 1.06. The summed E-state index contributed by atoms with van der Waals surface area (Å²) in [5.74, 6) is 0. The Morgan fingerprint density at radius 3 is 1.74 bits per heavy atom. The molecule has 2 aromatic carbocycles. The van der Waals surface area contributed by atoms with Crippen molar-refractivity contribution in [2.24, 2.45) is 0 Å². The van der Waals surface area contributed by atoms with Gasteiger partial charge in [0.25, 0.3) is 0 Å². The number of hydrogen-bond donors (Lipinski definition) is 0. The fraction of sp³-hybridized carbons (Fsp3) is 0. The molecule has 0 N–H and O–H groups in total. The van der Waals surface area contributed by atoms with Crippen LogP contribution >= 0.6 is 47.8 Å². The zero-order valence-electron chi connectivity index (χ0n) is 10.5. The third-order valence-electron chi connectivity index (χ3n) is 1.92. The number of hydrogen-bond acceptors (Lipinski definition) is 0. The van der Waals surface area contributed by atoms with Gasteiger partial charge in [0.05, 0.1) is 0 Å². The van der Waals surface area contributed by atoms with Crippen LogP contribution in [0.15, 0.2) is 81.7 Å². The number of rotatable bonds is 1. The molecule has 0 aliphatic rings. The number of halogens is 3. The highest BCUT2D eigenvalue weighted by molar-refractivity contribution is 9.13. The minimum absolute atomic E-state index is 1.07. The summed E-state index contributed by atoms with van der Waals surface area (Å²) in [7, 11) is 0. The quantitative estimate of drug-likeness (QED) is 0.323. The van der Waals surface area contributed by atoms with Crippen molar-refractivity contribution >= 4 is 53.9 Å². The molecule has 100 valence electrons. The Balaban J connectivity index is 0.000000303. The van der Waals surface area contributed by atoms with E-state index in [9.17, 15) is 0 Å². The lowest BCUT2D eigenvalue weighted by molar-refractivity contribution is 1.55. The maximum Gasteiger partial charge on any atom is 0.0328 e. The van der Waals surface area contributed by atoms with Gasteiger partial charge in [-0.25, -0.2) is 0 Å². The van der Waals surface area contributed by atoms with Gasteiger partial charge in [-0.3, -0.25) is 0 Å². The molecule has 0 atom stereocenters. The van der Waals surface area contributed by atoms with Crippen LogP contribution in [0.4, 0.5) is 0 Å². The normalized spacial score (nSPS) is 8.37. The predicted octanol–water partition coefficient (Wildman–Crippen LogP) is 7.11. The summed E-state index contributed by atoms with van der Waals surface area (Å²) >= 11 is 10.1. The van der Waals surface area contributed by atoms with Gasteiger partial charge in [0.2, 0.25) is 0 Å². The standard InChI is InChI=1S/C8H8.C6H3Br3.C2H4/c1-2-8-6-4-3-5-7-8;7-4-1-2-5(8)6(9)3-4;1-2/h2-7H,1H2;1-3H;1-2H2. The summed E-state index contributed by atoms with van der Waals surface area (Å²) in [5, 5.41) is 0. The smallest absolute Gasteiger partial charge is 0.0328 e. The minimum atomic E-state index is 1.07. The van der Waals surface area contributed by atoms with E-state index in [0.29, 0.717) is 0 Å². The largest absolute Gasteiger partial charge is 0.106 e. The predicted molar refractivity (Wildman–Crippen MR) is 97.3 cm³/mol. The first-order valence-corrected chi connectivity index (χ1v) is 7.79. The van der Waals surface area contributed by atoms with E-state index < -0.39 is 0 Å². The summed E-state index contributed by atoms with van der Waals surface area (Å²) in [6.07, 6.45) is 1.83. The second kappa shape index (κ2) is 11.2. The molecule has 0 bridgehead atoms. The third kappa shape index (κ3) is 8.19. The van der Waals surface area contributed by atoms with E-state index in [-0.39, 0.29) is 0 Å². The van der Waals surface area contributed by atoms with Crippen LogP contribution in [0.25, 0.3) is 6.08 Å². The highest BCUT2D eigenvalue weighted by atomic mass is 79.9. The molecular weight excluding hydrogens is 432 g/mol. The van der Waals surface area contributed by atoms with Crippen molar-refractivity contribution in [2.75, 3.05) is 0 Å². The Labute approximate surface area is 140 Å². The minimum Gasteiger partial charge on any atom is -0.106 e. The molecule has 0 heterocycles. The molecule has 0 nitrogen and oxygen atoms in total. The van der Waals surface area contributed by atoms with Crippen molar-refractivity contribution < 1.29 is 0 Å². The molecule has 0 amide bonds. The van der Waals surface area contributed by atoms with Crippen LogP contribution in [-0.4, -0.2) is 0 Å². The van der Waals surface area contributed by atoms with Crippen molar-refractivity contribution in [3.63, 3.8) is 0 Å². The van der Waals surface area contributed by atoms with Crippen LogP contribution in [0.5, 0.6) is 0 Å². The molecule has 0 fully saturated rings. The highest BCUT2D eigenvalue weighted by Crippen LogP contribution is 2.25. The summed E-state index contributed by atoms with van der Waals surface area (Å²) in [5.41, 5.74) is 1.17. The zero-order chi connectivity index (χ0) is 14.7. The second-order valence-electron chi connectivity index (χ2n) is 3.17. The lowest BCUT2D eigenvalue weighted by Crippen LogP contribution is -1.67. The molecule has 3 heteroatoms. The molecule has 0 saturated heterocycles. The van der Waals surface area contributed by atoms with Crippen LogP contribution in [0.3, 0.4) is 0 Å². The van der Waals surface area contributed by atoms with Crippen LogP contribution < -0.4 is 0 Å². The molecule has 2 aromatic rings. The van der Waals surface area contributed by atoms with E-state index in [4.69, 9.17) is 0 Å². The first-order valence-electron chi connectivity index (χ1n) is 5.41. The Morgan fingerprint density at radius 1 is 0.789 bits per heavy atom. The maximum atomic E-state index is 3.63. The Hall–Kier alpha value is -0.640. The fourth-order valence-corrected chi connectivity index (χ4v) is 2.35. The number of benzene rings is 2. The van der Waals surface area contributed by atoms with Crippen LogP contribution in [0.1, 0.15) is 5.56 Å². The van der Waals surface area contributed by atoms with Crippen molar-refractivity contribution in [1.82, 2.24) is 0 Å². The third-order valence-corrected chi connectivity index (χ3v) is 4.29. The van der Waals surface area contributed by atoms with Gasteiger partial charge in [-0.2, -0.15) is 0 Å². The highest BCUT2D eigenvalue weighted by Gasteiger charge is 1.93. The molecular formula is C16H15Br3. The van der Waals surface area contributed by atoms with Gasteiger partial charge in [0.15, 0.2) is 0 Å². The van der Waals surface area contributed by atoms with Gasteiger partial charge < -0.3 is 0 Å². The second-order valence-corrected chi connectivity index (χ2v) is 5.80. The average Bonchev–Trinajstić information content (AvgIpc) is 2.47. The molecule has 0 aliphatic carbocycles. The molecule has 0 unspecified atom stereocenters. The van der Waals surface area contributed by atoms with Gasteiger partial charge in [-0.05, 0) is 55.6 Å². The van der Waals surface area contributed by atoms with Crippen LogP contribution in [0, 0.1) is 0 Å². The Bertz CT molecular complexity index is 493. The Kier molecular flexibility index (Phi) is 10.8. The Morgan fingerprint density at radius 2 is 1.37 bits per heavy atom. The van der Waals surface area contributed by atoms with Gasteiger partial charge in [0, 0.05) is 13.4 Å². The van der Waals surface area contributed by atoms with Crippen LogP contribution in [0.2, 0.25) is 0 Å². The van der Waals surface area contributed by atoms with Gasteiger partial charge in [-0.15, -0.1) is 13.2 Å². The van der Waals surface area contributed by atoms with Gasteiger partial charge >= 0.3 is 0 Å². The van der Waals surface area contributed by atoms with Crippen molar-refractivity contribution in [1.29, 1.82) is 0 Å². The van der Waals surface area contributed by atoms with Crippen molar-refractivity contribution in [3.05, 3.63) is 87.2 Å². The van der Waals surface area contributed by atoms with Gasteiger partial charge in [-0.1, -0.05) is 58.9 Å². The van der Waals surface area contributed by atoms with Gasteiger partial charge in [0.1, 0.15) is 0 Å². The average molecular weight is 447 g/mol. The topological polar surface area (TPSA) is 0 Å². The summed E-state index contributed by atoms with van der Waals surface area (Å²) in [6, 6.07) is 16.0. The SMILES string of the molecule is Brc1ccc(Br)c(Br)c1.C=C.C=Cc1ccccc1. The van der Waals surface area contributed by atoms with E-state index >= 15 is 0 Å². The van der Waals surface area contributed by atoms with E-state index in [1.54, 1.807) is 0 Å². The van der Waals surface area contributed by atoms with E-state index in [1.165, 1.54) is 5.56 Å². The van der Waals surface area contributed by atoms with E-state index in [1.807, 2.05) is 54.6 Å². The summed E-state index contributed by atoms with van der Waals surface area (Å²) in [6.45, 7) is 9.63. The molecule has 0 aliphatic heterocycles. The summed E-state index contributed by atoms with van der Waals surface area (Å²) < 4.78 is 3.22. The zero-order valence-corrected chi connectivity index (χ0v) is 15.2. The van der Waals surface area contributed by atoms with E-state index in [2.05, 4.69) is 67.5 Å². The molecule has 19 heavy (non-hydrogen) atoms. The monoisotopic (exact) mass is 444 g/mol. The lowest BCUT2D eigenvalue weighted by Gasteiger charge is -1.93.